The van der Waals surface area contributed by atoms with Gasteiger partial charge in [-0.05, 0) is 38.0 Å². The summed E-state index contributed by atoms with van der Waals surface area (Å²) in [7, 11) is 0. The predicted molar refractivity (Wildman–Crippen MR) is 88.5 cm³/mol. The molecule has 25 heavy (non-hydrogen) atoms. The van der Waals surface area contributed by atoms with E-state index in [9.17, 15) is 4.79 Å². The molecular weight excluding hydrogens is 324 g/mol. The standard InChI is InChI=1S/C17H20N4O4/c1-2-18-17(22)21-7-3-4-12(9-21)16-20-19-15(25-16)11-5-6-13-14(8-11)24-10-23-13/h5-6,8,12H,2-4,7,9-10H2,1H3,(H,18,22)/t12-/m0/s1. The van der Waals surface area contributed by atoms with Gasteiger partial charge in [-0.15, -0.1) is 10.2 Å². The molecule has 1 atom stereocenters. The molecule has 132 valence electrons. The minimum absolute atomic E-state index is 0.0392. The van der Waals surface area contributed by atoms with Crippen molar-refractivity contribution in [2.45, 2.75) is 25.7 Å². The first-order valence-electron chi connectivity index (χ1n) is 8.51. The molecule has 1 saturated heterocycles. The van der Waals surface area contributed by atoms with Crippen LogP contribution in [0.2, 0.25) is 0 Å². The van der Waals surface area contributed by atoms with Crippen molar-refractivity contribution in [3.63, 3.8) is 0 Å². The molecule has 2 aliphatic rings. The van der Waals surface area contributed by atoms with Crippen LogP contribution in [0, 0.1) is 0 Å². The number of aromatic nitrogens is 2. The molecule has 4 rings (SSSR count). The second-order valence-corrected chi connectivity index (χ2v) is 6.13. The van der Waals surface area contributed by atoms with Gasteiger partial charge in [-0.1, -0.05) is 0 Å². The van der Waals surface area contributed by atoms with Gasteiger partial charge in [0.1, 0.15) is 0 Å². The van der Waals surface area contributed by atoms with Crippen LogP contribution in [-0.2, 0) is 0 Å². The van der Waals surface area contributed by atoms with Crippen molar-refractivity contribution in [3.05, 3.63) is 24.1 Å². The zero-order valence-electron chi connectivity index (χ0n) is 14.0. The number of carbonyl (C=O) groups is 1. The van der Waals surface area contributed by atoms with Gasteiger partial charge in [0.25, 0.3) is 0 Å². The normalized spacial score (nSPS) is 19.1. The third kappa shape index (κ3) is 3.11. The molecule has 1 aromatic carbocycles. The second-order valence-electron chi connectivity index (χ2n) is 6.13. The Morgan fingerprint density at radius 3 is 3.08 bits per heavy atom. The Bertz CT molecular complexity index is 776. The van der Waals surface area contributed by atoms with Crippen molar-refractivity contribution in [2.24, 2.45) is 0 Å². The molecule has 1 fully saturated rings. The van der Waals surface area contributed by atoms with E-state index in [1.54, 1.807) is 0 Å². The Labute approximate surface area is 145 Å². The average molecular weight is 344 g/mol. The Hall–Kier alpha value is -2.77. The molecule has 2 aromatic rings. The molecule has 0 unspecified atom stereocenters. The number of piperidine rings is 1. The lowest BCUT2D eigenvalue weighted by molar-refractivity contribution is 0.173. The summed E-state index contributed by atoms with van der Waals surface area (Å²) >= 11 is 0. The summed E-state index contributed by atoms with van der Waals surface area (Å²) in [6.07, 6.45) is 1.85. The van der Waals surface area contributed by atoms with Gasteiger partial charge in [-0.3, -0.25) is 0 Å². The molecule has 3 heterocycles. The summed E-state index contributed by atoms with van der Waals surface area (Å²) in [5, 5.41) is 11.2. The van der Waals surface area contributed by atoms with Gasteiger partial charge in [0, 0.05) is 25.2 Å². The smallest absolute Gasteiger partial charge is 0.317 e. The summed E-state index contributed by atoms with van der Waals surface area (Å²) in [4.78, 5) is 13.8. The lowest BCUT2D eigenvalue weighted by Gasteiger charge is -2.30. The van der Waals surface area contributed by atoms with E-state index in [1.807, 2.05) is 30.0 Å². The number of rotatable bonds is 3. The summed E-state index contributed by atoms with van der Waals surface area (Å²) in [5.41, 5.74) is 0.791. The number of nitrogens with zero attached hydrogens (tertiary/aromatic N) is 3. The van der Waals surface area contributed by atoms with Gasteiger partial charge in [-0.25, -0.2) is 4.79 Å². The third-order valence-corrected chi connectivity index (χ3v) is 4.45. The summed E-state index contributed by atoms with van der Waals surface area (Å²) in [6, 6.07) is 5.50. The number of fused-ring (bicyclic) bond motifs is 1. The Morgan fingerprint density at radius 1 is 1.32 bits per heavy atom. The first-order valence-corrected chi connectivity index (χ1v) is 8.51. The minimum atomic E-state index is -0.0392. The highest BCUT2D eigenvalue weighted by molar-refractivity contribution is 5.74. The van der Waals surface area contributed by atoms with Gasteiger partial charge in [0.15, 0.2) is 11.5 Å². The fraction of sp³-hybridized carbons (Fsp3) is 0.471. The summed E-state index contributed by atoms with van der Waals surface area (Å²) in [5.74, 6) is 2.47. The average Bonchev–Trinajstić information content (AvgIpc) is 3.31. The van der Waals surface area contributed by atoms with Crippen molar-refractivity contribution >= 4 is 6.03 Å². The minimum Gasteiger partial charge on any atom is -0.454 e. The maximum absolute atomic E-state index is 12.0. The van der Waals surface area contributed by atoms with Crippen LogP contribution >= 0.6 is 0 Å². The van der Waals surface area contributed by atoms with E-state index < -0.39 is 0 Å². The van der Waals surface area contributed by atoms with E-state index in [0.717, 1.165) is 24.9 Å². The molecule has 0 saturated carbocycles. The van der Waals surface area contributed by atoms with E-state index in [1.165, 1.54) is 0 Å². The van der Waals surface area contributed by atoms with Gasteiger partial charge >= 0.3 is 6.03 Å². The lowest BCUT2D eigenvalue weighted by Crippen LogP contribution is -2.44. The Balaban J connectivity index is 1.50. The van der Waals surface area contributed by atoms with Crippen molar-refractivity contribution in [2.75, 3.05) is 26.4 Å². The van der Waals surface area contributed by atoms with E-state index in [-0.39, 0.29) is 18.7 Å². The van der Waals surface area contributed by atoms with Crippen LogP contribution < -0.4 is 14.8 Å². The number of urea groups is 1. The Morgan fingerprint density at radius 2 is 2.20 bits per heavy atom. The van der Waals surface area contributed by atoms with Gasteiger partial charge < -0.3 is 24.1 Å². The number of amides is 2. The maximum Gasteiger partial charge on any atom is 0.317 e. The first-order chi connectivity index (χ1) is 12.2. The summed E-state index contributed by atoms with van der Waals surface area (Å²) in [6.45, 7) is 4.11. The highest BCUT2D eigenvalue weighted by atomic mass is 16.7. The molecule has 0 spiro atoms. The van der Waals surface area contributed by atoms with Crippen LogP contribution in [0.5, 0.6) is 11.5 Å². The SMILES string of the molecule is CCNC(=O)N1CCC[C@H](c2nnc(-c3ccc4c(c3)OCO4)o2)C1. The zero-order valence-corrected chi connectivity index (χ0v) is 14.0. The maximum atomic E-state index is 12.0. The van der Waals surface area contributed by atoms with Crippen molar-refractivity contribution < 1.29 is 18.7 Å². The number of hydrogen-bond acceptors (Lipinski definition) is 6. The lowest BCUT2D eigenvalue weighted by atomic mass is 9.98. The second kappa shape index (κ2) is 6.62. The predicted octanol–water partition coefficient (Wildman–Crippen LogP) is 2.37. The van der Waals surface area contributed by atoms with Crippen LogP contribution in [0.4, 0.5) is 4.79 Å². The van der Waals surface area contributed by atoms with E-state index in [0.29, 0.717) is 36.4 Å². The molecular formula is C17H20N4O4. The van der Waals surface area contributed by atoms with E-state index in [4.69, 9.17) is 13.9 Å². The van der Waals surface area contributed by atoms with Crippen molar-refractivity contribution in [1.82, 2.24) is 20.4 Å². The molecule has 2 aliphatic heterocycles. The van der Waals surface area contributed by atoms with E-state index >= 15 is 0 Å². The fourth-order valence-corrected chi connectivity index (χ4v) is 3.17. The van der Waals surface area contributed by atoms with Gasteiger partial charge in [0.2, 0.25) is 18.6 Å². The van der Waals surface area contributed by atoms with Crippen LogP contribution in [0.1, 0.15) is 31.6 Å². The number of benzene rings is 1. The quantitative estimate of drug-likeness (QED) is 0.919. The van der Waals surface area contributed by atoms with Gasteiger partial charge in [-0.2, -0.15) is 0 Å². The Kier molecular flexibility index (Phi) is 4.17. The van der Waals surface area contributed by atoms with Crippen LogP contribution in [-0.4, -0.2) is 47.6 Å². The fourth-order valence-electron chi connectivity index (χ4n) is 3.17. The number of hydrogen-bond donors (Lipinski definition) is 1. The zero-order chi connectivity index (χ0) is 17.2. The number of carbonyl (C=O) groups excluding carboxylic acids is 1. The van der Waals surface area contributed by atoms with Crippen molar-refractivity contribution in [1.29, 1.82) is 0 Å². The number of likely N-dealkylation sites (tertiary alicyclic amines) is 1. The van der Waals surface area contributed by atoms with E-state index in [2.05, 4.69) is 15.5 Å². The topological polar surface area (TPSA) is 89.7 Å². The molecule has 8 nitrogen and oxygen atoms in total. The third-order valence-electron chi connectivity index (χ3n) is 4.45. The first kappa shape index (κ1) is 15.7. The summed E-state index contributed by atoms with van der Waals surface area (Å²) < 4.78 is 16.6. The van der Waals surface area contributed by atoms with Crippen LogP contribution in [0.3, 0.4) is 0 Å². The molecule has 0 aliphatic carbocycles. The molecule has 8 heteroatoms. The number of nitrogens with one attached hydrogen (secondary N) is 1. The van der Waals surface area contributed by atoms with Crippen LogP contribution in [0.15, 0.2) is 22.6 Å². The molecule has 1 N–H and O–H groups in total. The van der Waals surface area contributed by atoms with Crippen LogP contribution in [0.25, 0.3) is 11.5 Å². The number of ether oxygens (including phenoxy) is 2. The largest absolute Gasteiger partial charge is 0.454 e. The van der Waals surface area contributed by atoms with Gasteiger partial charge in [0.05, 0.1) is 5.92 Å². The highest BCUT2D eigenvalue weighted by Gasteiger charge is 2.28. The molecule has 2 amide bonds. The molecule has 0 bridgehead atoms. The molecule has 0 radical (unpaired) electrons. The molecule has 1 aromatic heterocycles. The van der Waals surface area contributed by atoms with Crippen molar-refractivity contribution in [3.8, 4) is 23.0 Å². The monoisotopic (exact) mass is 344 g/mol. The highest BCUT2D eigenvalue weighted by Crippen LogP contribution is 2.36.